The molecule has 0 radical (unpaired) electrons. The molecule has 0 aliphatic heterocycles. The predicted octanol–water partition coefficient (Wildman–Crippen LogP) is 0.881. The molecule has 1 saturated carbocycles. The zero-order valence-corrected chi connectivity index (χ0v) is 11.8. The third-order valence-electron chi connectivity index (χ3n) is 3.43. The molecule has 0 heterocycles. The lowest BCUT2D eigenvalue weighted by Gasteiger charge is -2.27. The number of nitrogens with one attached hydrogen (secondary N) is 2. The minimum Gasteiger partial charge on any atom is -0.481 e. The summed E-state index contributed by atoms with van der Waals surface area (Å²) in [7, 11) is 3.99. The molecule has 2 atom stereocenters. The van der Waals surface area contributed by atoms with Gasteiger partial charge in [-0.25, -0.2) is 4.79 Å². The smallest absolute Gasteiger partial charge is 0.315 e. The van der Waals surface area contributed by atoms with Gasteiger partial charge in [0.1, 0.15) is 0 Å². The molecule has 0 spiro atoms. The van der Waals surface area contributed by atoms with Gasteiger partial charge < -0.3 is 20.6 Å². The molecule has 6 heteroatoms. The van der Waals surface area contributed by atoms with Gasteiger partial charge in [-0.05, 0) is 46.3 Å². The highest BCUT2D eigenvalue weighted by atomic mass is 16.4. The largest absolute Gasteiger partial charge is 0.481 e. The van der Waals surface area contributed by atoms with Crippen molar-refractivity contribution >= 4 is 12.0 Å². The van der Waals surface area contributed by atoms with Crippen LogP contribution in [-0.4, -0.2) is 55.2 Å². The number of urea groups is 1. The van der Waals surface area contributed by atoms with Gasteiger partial charge in [0.2, 0.25) is 0 Å². The summed E-state index contributed by atoms with van der Waals surface area (Å²) in [6, 6.07) is -0.196. The van der Waals surface area contributed by atoms with E-state index in [1.54, 1.807) is 0 Å². The number of aliphatic carboxylic acids is 1. The van der Waals surface area contributed by atoms with E-state index in [-0.39, 0.29) is 18.0 Å². The number of hydrogen-bond donors (Lipinski definition) is 3. The predicted molar refractivity (Wildman–Crippen MR) is 73.1 cm³/mol. The molecule has 0 aromatic heterocycles. The lowest BCUT2D eigenvalue weighted by molar-refractivity contribution is -0.143. The molecule has 1 aliphatic rings. The number of carbonyl (C=O) groups excluding carboxylic acids is 1. The van der Waals surface area contributed by atoms with Gasteiger partial charge in [-0.3, -0.25) is 4.79 Å². The maximum absolute atomic E-state index is 11.6. The van der Waals surface area contributed by atoms with Gasteiger partial charge in [0.05, 0.1) is 5.92 Å². The van der Waals surface area contributed by atoms with E-state index in [4.69, 9.17) is 5.11 Å². The maximum atomic E-state index is 11.6. The molecule has 0 saturated heterocycles. The number of amides is 2. The van der Waals surface area contributed by atoms with Crippen LogP contribution < -0.4 is 10.6 Å². The van der Waals surface area contributed by atoms with E-state index in [0.29, 0.717) is 13.0 Å². The Labute approximate surface area is 114 Å². The molecular formula is C13H25N3O3. The van der Waals surface area contributed by atoms with Gasteiger partial charge in [-0.1, -0.05) is 6.42 Å². The number of hydrogen-bond acceptors (Lipinski definition) is 3. The van der Waals surface area contributed by atoms with Crippen molar-refractivity contribution in [1.29, 1.82) is 0 Å². The van der Waals surface area contributed by atoms with E-state index >= 15 is 0 Å². The molecular weight excluding hydrogens is 246 g/mol. The summed E-state index contributed by atoms with van der Waals surface area (Å²) >= 11 is 0. The van der Waals surface area contributed by atoms with E-state index in [0.717, 1.165) is 32.2 Å². The Bertz CT molecular complexity index is 308. The van der Waals surface area contributed by atoms with Crippen LogP contribution in [0.5, 0.6) is 0 Å². The van der Waals surface area contributed by atoms with Crippen molar-refractivity contribution in [2.24, 2.45) is 5.92 Å². The fourth-order valence-electron chi connectivity index (χ4n) is 2.38. The number of carbonyl (C=O) groups is 2. The van der Waals surface area contributed by atoms with Crippen molar-refractivity contribution in [2.75, 3.05) is 27.2 Å². The lowest BCUT2D eigenvalue weighted by Crippen LogP contribution is -2.45. The van der Waals surface area contributed by atoms with Gasteiger partial charge in [-0.2, -0.15) is 0 Å². The van der Waals surface area contributed by atoms with Gasteiger partial charge in [-0.15, -0.1) is 0 Å². The van der Waals surface area contributed by atoms with Crippen LogP contribution in [0.3, 0.4) is 0 Å². The molecule has 2 unspecified atom stereocenters. The van der Waals surface area contributed by atoms with Crippen molar-refractivity contribution in [1.82, 2.24) is 15.5 Å². The zero-order valence-electron chi connectivity index (χ0n) is 11.8. The Morgan fingerprint density at radius 3 is 2.68 bits per heavy atom. The summed E-state index contributed by atoms with van der Waals surface area (Å²) in [5.74, 6) is -1.06. The first kappa shape index (κ1) is 15.8. The van der Waals surface area contributed by atoms with Crippen LogP contribution in [0.15, 0.2) is 0 Å². The van der Waals surface area contributed by atoms with E-state index < -0.39 is 5.97 Å². The van der Waals surface area contributed by atoms with Crippen LogP contribution in [0.4, 0.5) is 4.79 Å². The number of rotatable bonds is 6. The SMILES string of the molecule is CN(C)CCCNC(=O)NC1CCCC(C(=O)O)C1. The first-order valence-corrected chi connectivity index (χ1v) is 6.91. The minimum atomic E-state index is -0.752. The molecule has 1 aliphatic carbocycles. The lowest BCUT2D eigenvalue weighted by atomic mass is 9.86. The first-order valence-electron chi connectivity index (χ1n) is 6.91. The summed E-state index contributed by atoms with van der Waals surface area (Å²) in [6.07, 6.45) is 3.90. The highest BCUT2D eigenvalue weighted by Gasteiger charge is 2.27. The second-order valence-corrected chi connectivity index (χ2v) is 5.46. The molecule has 110 valence electrons. The van der Waals surface area contributed by atoms with Crippen LogP contribution in [0.1, 0.15) is 32.1 Å². The molecule has 2 amide bonds. The number of carboxylic acid groups (broad SMARTS) is 1. The Morgan fingerprint density at radius 1 is 1.32 bits per heavy atom. The highest BCUT2D eigenvalue weighted by Crippen LogP contribution is 2.24. The Hall–Kier alpha value is -1.30. The first-order chi connectivity index (χ1) is 8.99. The zero-order chi connectivity index (χ0) is 14.3. The molecule has 0 aromatic rings. The Balaban J connectivity index is 2.19. The summed E-state index contributed by atoms with van der Waals surface area (Å²) in [5.41, 5.74) is 0. The van der Waals surface area contributed by atoms with Crippen molar-refractivity contribution in [3.05, 3.63) is 0 Å². The van der Waals surface area contributed by atoms with Crippen molar-refractivity contribution in [3.63, 3.8) is 0 Å². The van der Waals surface area contributed by atoms with Gasteiger partial charge in [0.15, 0.2) is 0 Å². The Morgan fingerprint density at radius 2 is 2.05 bits per heavy atom. The Kier molecular flexibility index (Phi) is 6.62. The molecule has 6 nitrogen and oxygen atoms in total. The van der Waals surface area contributed by atoms with Gasteiger partial charge in [0.25, 0.3) is 0 Å². The third-order valence-corrected chi connectivity index (χ3v) is 3.43. The fraction of sp³-hybridized carbons (Fsp3) is 0.846. The monoisotopic (exact) mass is 271 g/mol. The summed E-state index contributed by atoms with van der Waals surface area (Å²) in [4.78, 5) is 24.6. The maximum Gasteiger partial charge on any atom is 0.315 e. The number of nitrogens with zero attached hydrogens (tertiary/aromatic N) is 1. The van der Waals surface area contributed by atoms with Crippen LogP contribution >= 0.6 is 0 Å². The molecule has 0 bridgehead atoms. The van der Waals surface area contributed by atoms with Crippen molar-refractivity contribution in [2.45, 2.75) is 38.1 Å². The third kappa shape index (κ3) is 6.42. The average molecular weight is 271 g/mol. The minimum absolute atomic E-state index is 0.0105. The molecule has 0 aromatic carbocycles. The average Bonchev–Trinajstić information content (AvgIpc) is 2.34. The standard InChI is InChI=1S/C13H25N3O3/c1-16(2)8-4-7-14-13(19)15-11-6-3-5-10(9-11)12(17)18/h10-11H,3-9H2,1-2H3,(H,17,18)(H2,14,15,19). The molecule has 19 heavy (non-hydrogen) atoms. The summed E-state index contributed by atoms with van der Waals surface area (Å²) in [5, 5.41) is 14.7. The van der Waals surface area contributed by atoms with E-state index in [2.05, 4.69) is 15.5 Å². The fourth-order valence-corrected chi connectivity index (χ4v) is 2.38. The second-order valence-electron chi connectivity index (χ2n) is 5.46. The molecule has 1 fully saturated rings. The highest BCUT2D eigenvalue weighted by molar-refractivity contribution is 5.74. The molecule has 1 rings (SSSR count). The number of carboxylic acids is 1. The molecule has 3 N–H and O–H groups in total. The van der Waals surface area contributed by atoms with Crippen LogP contribution in [0.2, 0.25) is 0 Å². The van der Waals surface area contributed by atoms with Gasteiger partial charge >= 0.3 is 12.0 Å². The summed E-state index contributed by atoms with van der Waals surface area (Å²) < 4.78 is 0. The van der Waals surface area contributed by atoms with Crippen LogP contribution in [-0.2, 0) is 4.79 Å². The van der Waals surface area contributed by atoms with Crippen molar-refractivity contribution in [3.8, 4) is 0 Å². The van der Waals surface area contributed by atoms with Crippen LogP contribution in [0.25, 0.3) is 0 Å². The summed E-state index contributed by atoms with van der Waals surface area (Å²) in [6.45, 7) is 1.57. The van der Waals surface area contributed by atoms with E-state index in [9.17, 15) is 9.59 Å². The quantitative estimate of drug-likeness (QED) is 0.626. The van der Waals surface area contributed by atoms with Crippen molar-refractivity contribution < 1.29 is 14.7 Å². The van der Waals surface area contributed by atoms with E-state index in [1.807, 2.05) is 14.1 Å². The normalized spacial score (nSPS) is 23.1. The van der Waals surface area contributed by atoms with Gasteiger partial charge in [0, 0.05) is 12.6 Å². The van der Waals surface area contributed by atoms with E-state index in [1.165, 1.54) is 0 Å². The second kappa shape index (κ2) is 7.99. The van der Waals surface area contributed by atoms with Crippen LogP contribution in [0, 0.1) is 5.92 Å². The topological polar surface area (TPSA) is 81.7 Å².